The normalized spacial score (nSPS) is 16.6. The minimum absolute atomic E-state index is 0.135. The van der Waals surface area contributed by atoms with Crippen molar-refractivity contribution in [2.75, 3.05) is 5.75 Å². The molecule has 0 unspecified atom stereocenters. The van der Waals surface area contributed by atoms with Crippen molar-refractivity contribution in [3.8, 4) is 11.8 Å². The zero-order chi connectivity index (χ0) is 17.5. The van der Waals surface area contributed by atoms with E-state index in [1.165, 1.54) is 11.8 Å². The minimum Gasteiger partial charge on any atom is -0.337 e. The van der Waals surface area contributed by atoms with Crippen LogP contribution in [0.4, 0.5) is 0 Å². The third kappa shape index (κ3) is 4.60. The van der Waals surface area contributed by atoms with Crippen LogP contribution in [0.3, 0.4) is 0 Å². The number of rotatable bonds is 5. The van der Waals surface area contributed by atoms with E-state index in [2.05, 4.69) is 21.5 Å². The monoisotopic (exact) mass is 355 g/mol. The van der Waals surface area contributed by atoms with Gasteiger partial charge in [0, 0.05) is 0 Å². The van der Waals surface area contributed by atoms with Gasteiger partial charge in [0.25, 0.3) is 0 Å². The van der Waals surface area contributed by atoms with Crippen molar-refractivity contribution in [1.29, 1.82) is 5.26 Å². The Morgan fingerprint density at radius 3 is 2.64 bits per heavy atom. The van der Waals surface area contributed by atoms with Gasteiger partial charge in [-0.05, 0) is 25.0 Å². The maximum absolute atomic E-state index is 12.3. The van der Waals surface area contributed by atoms with E-state index >= 15 is 0 Å². The lowest BCUT2D eigenvalue weighted by atomic mass is 9.92. The molecular formula is C18H21N5OS. The number of carbonyl (C=O) groups excluding carboxylic acids is 1. The molecule has 7 heteroatoms. The molecule has 0 aliphatic heterocycles. The van der Waals surface area contributed by atoms with Gasteiger partial charge in [0.1, 0.15) is 11.9 Å². The Morgan fingerprint density at radius 1 is 1.24 bits per heavy atom. The van der Waals surface area contributed by atoms with Crippen molar-refractivity contribution < 1.29 is 4.79 Å². The average Bonchev–Trinajstić information content (AvgIpc) is 3.00. The molecule has 1 aromatic heterocycles. The van der Waals surface area contributed by atoms with E-state index in [9.17, 15) is 10.1 Å². The first-order valence-electron chi connectivity index (χ1n) is 8.53. The summed E-state index contributed by atoms with van der Waals surface area (Å²) in [6.45, 7) is 0. The lowest BCUT2D eigenvalue weighted by molar-refractivity contribution is -0.120. The first kappa shape index (κ1) is 17.5. The third-order valence-electron chi connectivity index (χ3n) is 4.37. The Bertz CT molecular complexity index is 744. The molecule has 0 atom stereocenters. The molecule has 1 N–H and O–H groups in total. The fourth-order valence-electron chi connectivity index (χ4n) is 3.05. The van der Waals surface area contributed by atoms with Crippen LogP contribution in [0, 0.1) is 11.3 Å². The molecule has 6 nitrogen and oxygen atoms in total. The SMILES string of the molecule is N#CC1(NC(=O)CSc2ncn(-c3ccccc3)n2)CCCCCC1. The first-order valence-corrected chi connectivity index (χ1v) is 9.51. The molecule has 0 radical (unpaired) electrons. The second kappa shape index (κ2) is 8.17. The number of para-hydroxylation sites is 1. The highest BCUT2D eigenvalue weighted by molar-refractivity contribution is 7.99. The fourth-order valence-corrected chi connectivity index (χ4v) is 3.65. The number of hydrogen-bond donors (Lipinski definition) is 1. The summed E-state index contributed by atoms with van der Waals surface area (Å²) in [7, 11) is 0. The summed E-state index contributed by atoms with van der Waals surface area (Å²) < 4.78 is 1.68. The average molecular weight is 355 g/mol. The van der Waals surface area contributed by atoms with Gasteiger partial charge < -0.3 is 5.32 Å². The van der Waals surface area contributed by atoms with Gasteiger partial charge in [-0.3, -0.25) is 4.79 Å². The summed E-state index contributed by atoms with van der Waals surface area (Å²) in [4.78, 5) is 16.5. The molecule has 2 aromatic rings. The van der Waals surface area contributed by atoms with Gasteiger partial charge in [-0.2, -0.15) is 5.26 Å². The van der Waals surface area contributed by atoms with Crippen LogP contribution < -0.4 is 5.32 Å². The lowest BCUT2D eigenvalue weighted by Crippen LogP contribution is -2.47. The molecule has 1 aliphatic rings. The summed E-state index contributed by atoms with van der Waals surface area (Å²) in [5, 5.41) is 17.4. The maximum Gasteiger partial charge on any atom is 0.231 e. The minimum atomic E-state index is -0.703. The fraction of sp³-hybridized carbons (Fsp3) is 0.444. The first-order chi connectivity index (χ1) is 12.2. The predicted octanol–water partition coefficient (Wildman–Crippen LogP) is 3.09. The molecular weight excluding hydrogens is 334 g/mol. The highest BCUT2D eigenvalue weighted by atomic mass is 32.2. The number of nitrogens with zero attached hydrogens (tertiary/aromatic N) is 4. The molecule has 1 aliphatic carbocycles. The van der Waals surface area contributed by atoms with Crippen LogP contribution in [-0.4, -0.2) is 32.0 Å². The molecule has 3 rings (SSSR count). The van der Waals surface area contributed by atoms with Gasteiger partial charge in [-0.25, -0.2) is 9.67 Å². The van der Waals surface area contributed by atoms with Gasteiger partial charge in [-0.15, -0.1) is 5.10 Å². The molecule has 130 valence electrons. The van der Waals surface area contributed by atoms with Crippen molar-refractivity contribution in [3.63, 3.8) is 0 Å². The van der Waals surface area contributed by atoms with E-state index in [0.717, 1.165) is 44.2 Å². The van der Waals surface area contributed by atoms with Gasteiger partial charge in [0.15, 0.2) is 0 Å². The van der Waals surface area contributed by atoms with E-state index in [1.807, 2.05) is 30.3 Å². The van der Waals surface area contributed by atoms with E-state index in [0.29, 0.717) is 5.16 Å². The Hall–Kier alpha value is -2.33. The summed E-state index contributed by atoms with van der Waals surface area (Å²) in [5.41, 5.74) is 0.221. The molecule has 0 spiro atoms. The van der Waals surface area contributed by atoms with Crippen LogP contribution >= 0.6 is 11.8 Å². The van der Waals surface area contributed by atoms with Crippen LogP contribution in [0.2, 0.25) is 0 Å². The predicted molar refractivity (Wildman–Crippen MR) is 96.3 cm³/mol. The molecule has 1 heterocycles. The van der Waals surface area contributed by atoms with Crippen molar-refractivity contribution in [2.45, 2.75) is 49.2 Å². The summed E-state index contributed by atoms with van der Waals surface area (Å²) in [6.07, 6.45) is 7.36. The third-order valence-corrected chi connectivity index (χ3v) is 5.23. The van der Waals surface area contributed by atoms with E-state index < -0.39 is 5.54 Å². The highest BCUT2D eigenvalue weighted by Gasteiger charge is 2.32. The highest BCUT2D eigenvalue weighted by Crippen LogP contribution is 2.27. The Labute approximate surface area is 151 Å². The van der Waals surface area contributed by atoms with Crippen molar-refractivity contribution in [3.05, 3.63) is 36.7 Å². The van der Waals surface area contributed by atoms with Crippen molar-refractivity contribution in [2.24, 2.45) is 0 Å². The number of carbonyl (C=O) groups is 1. The number of aromatic nitrogens is 3. The molecule has 1 amide bonds. The number of thioether (sulfide) groups is 1. The quantitative estimate of drug-likeness (QED) is 0.658. The zero-order valence-corrected chi connectivity index (χ0v) is 14.8. The Balaban J connectivity index is 1.56. The Morgan fingerprint density at radius 2 is 1.96 bits per heavy atom. The molecule has 1 fully saturated rings. The van der Waals surface area contributed by atoms with Gasteiger partial charge >= 0.3 is 0 Å². The number of benzene rings is 1. The topological polar surface area (TPSA) is 83.6 Å². The van der Waals surface area contributed by atoms with Gasteiger partial charge in [-0.1, -0.05) is 55.6 Å². The number of hydrogen-bond acceptors (Lipinski definition) is 5. The molecule has 1 saturated carbocycles. The molecule has 0 bridgehead atoms. The molecule has 0 saturated heterocycles. The van der Waals surface area contributed by atoms with Gasteiger partial charge in [0.05, 0.1) is 17.5 Å². The lowest BCUT2D eigenvalue weighted by Gasteiger charge is -2.26. The van der Waals surface area contributed by atoms with Crippen molar-refractivity contribution in [1.82, 2.24) is 20.1 Å². The second-order valence-corrected chi connectivity index (χ2v) is 7.19. The van der Waals surface area contributed by atoms with Crippen LogP contribution in [0.1, 0.15) is 38.5 Å². The zero-order valence-electron chi connectivity index (χ0n) is 14.0. The van der Waals surface area contributed by atoms with Crippen molar-refractivity contribution >= 4 is 17.7 Å². The second-order valence-electron chi connectivity index (χ2n) is 6.25. The van der Waals surface area contributed by atoms with E-state index in [4.69, 9.17) is 0 Å². The smallest absolute Gasteiger partial charge is 0.231 e. The van der Waals surface area contributed by atoms with Crippen LogP contribution in [0.25, 0.3) is 5.69 Å². The molecule has 25 heavy (non-hydrogen) atoms. The van der Waals surface area contributed by atoms with Crippen LogP contribution in [0.5, 0.6) is 0 Å². The van der Waals surface area contributed by atoms with Crippen LogP contribution in [-0.2, 0) is 4.79 Å². The standard InChI is InChI=1S/C18H21N5OS/c19-13-18(10-6-1-2-7-11-18)21-16(24)12-25-17-20-14-23(22-17)15-8-4-3-5-9-15/h3-5,8-9,14H,1-2,6-7,10-12H2,(H,21,24). The number of amides is 1. The summed E-state index contributed by atoms with van der Waals surface area (Å²) in [6, 6.07) is 12.0. The van der Waals surface area contributed by atoms with Gasteiger partial charge in [0.2, 0.25) is 11.1 Å². The Kier molecular flexibility index (Phi) is 5.71. The van der Waals surface area contributed by atoms with Crippen LogP contribution in [0.15, 0.2) is 41.8 Å². The summed E-state index contributed by atoms with van der Waals surface area (Å²) in [5.74, 6) is 0.0758. The number of nitriles is 1. The molecule has 1 aromatic carbocycles. The number of nitrogens with one attached hydrogen (secondary N) is 1. The maximum atomic E-state index is 12.3. The summed E-state index contributed by atoms with van der Waals surface area (Å²) >= 11 is 1.28. The van der Waals surface area contributed by atoms with E-state index in [-0.39, 0.29) is 11.7 Å². The largest absolute Gasteiger partial charge is 0.337 e. The van der Waals surface area contributed by atoms with E-state index in [1.54, 1.807) is 11.0 Å².